The van der Waals surface area contributed by atoms with Gasteiger partial charge in [0.05, 0.1) is 21.9 Å². The molecule has 1 heterocycles. The van der Waals surface area contributed by atoms with Gasteiger partial charge in [0.1, 0.15) is 0 Å². The molecule has 0 bridgehead atoms. The number of amides is 1. The lowest BCUT2D eigenvalue weighted by Gasteiger charge is -2.23. The summed E-state index contributed by atoms with van der Waals surface area (Å²) in [5, 5.41) is 14.8. The molecule has 5 nitrogen and oxygen atoms in total. The number of aromatic nitrogens is 1. The summed E-state index contributed by atoms with van der Waals surface area (Å²) >= 11 is 3.07. The Morgan fingerprint density at radius 1 is 1.55 bits per heavy atom. The first kappa shape index (κ1) is 17.0. The van der Waals surface area contributed by atoms with Crippen molar-refractivity contribution in [2.45, 2.75) is 32.9 Å². The minimum atomic E-state index is -0.896. The molecule has 1 aromatic rings. The molecule has 0 spiro atoms. The van der Waals surface area contributed by atoms with Crippen molar-refractivity contribution in [3.63, 3.8) is 0 Å². The minimum Gasteiger partial charge on any atom is -0.481 e. The lowest BCUT2D eigenvalue weighted by molar-refractivity contribution is -0.148. The van der Waals surface area contributed by atoms with E-state index in [9.17, 15) is 9.59 Å². The van der Waals surface area contributed by atoms with Gasteiger partial charge in [0.2, 0.25) is 5.91 Å². The lowest BCUT2D eigenvalue weighted by Crippen LogP contribution is -2.41. The number of thiazole rings is 1. The highest BCUT2D eigenvalue weighted by Gasteiger charge is 2.31. The van der Waals surface area contributed by atoms with Crippen molar-refractivity contribution in [1.29, 1.82) is 0 Å². The van der Waals surface area contributed by atoms with E-state index >= 15 is 0 Å². The van der Waals surface area contributed by atoms with E-state index in [-0.39, 0.29) is 12.5 Å². The van der Waals surface area contributed by atoms with E-state index in [2.05, 4.69) is 10.3 Å². The second kappa shape index (κ2) is 7.64. The van der Waals surface area contributed by atoms with Crippen LogP contribution in [0.25, 0.3) is 0 Å². The molecule has 2 N–H and O–H groups in total. The first-order chi connectivity index (χ1) is 9.37. The quantitative estimate of drug-likeness (QED) is 0.769. The van der Waals surface area contributed by atoms with Crippen LogP contribution < -0.4 is 5.32 Å². The Balaban J connectivity index is 2.28. The molecule has 1 aromatic heterocycles. The fourth-order valence-electron chi connectivity index (χ4n) is 1.42. The number of carboxylic acids is 1. The topological polar surface area (TPSA) is 79.3 Å². The van der Waals surface area contributed by atoms with Gasteiger partial charge in [-0.05, 0) is 20.3 Å². The average Bonchev–Trinajstić information content (AvgIpc) is 2.81. The Morgan fingerprint density at radius 2 is 2.25 bits per heavy atom. The lowest BCUT2D eigenvalue weighted by atomic mass is 9.88. The van der Waals surface area contributed by atoms with Crippen molar-refractivity contribution in [1.82, 2.24) is 10.3 Å². The molecule has 112 valence electrons. The summed E-state index contributed by atoms with van der Waals surface area (Å²) in [6, 6.07) is 0. The van der Waals surface area contributed by atoms with Crippen LogP contribution in [0.1, 0.15) is 31.0 Å². The molecule has 20 heavy (non-hydrogen) atoms. The third-order valence-electron chi connectivity index (χ3n) is 3.12. The molecule has 7 heteroatoms. The smallest absolute Gasteiger partial charge is 0.311 e. The van der Waals surface area contributed by atoms with Gasteiger partial charge < -0.3 is 10.4 Å². The van der Waals surface area contributed by atoms with E-state index < -0.39 is 11.4 Å². The van der Waals surface area contributed by atoms with Gasteiger partial charge in [-0.15, -0.1) is 23.1 Å². The molecule has 1 amide bonds. The number of carbonyl (C=O) groups is 2. The fourth-order valence-corrected chi connectivity index (χ4v) is 2.88. The zero-order valence-electron chi connectivity index (χ0n) is 11.9. The normalized spacial score (nSPS) is 13.8. The molecule has 0 aliphatic heterocycles. The summed E-state index contributed by atoms with van der Waals surface area (Å²) in [5.41, 5.74) is 0.0843. The number of thioether (sulfide) groups is 1. The van der Waals surface area contributed by atoms with Crippen molar-refractivity contribution in [2.24, 2.45) is 5.41 Å². The number of carboxylic acid groups (broad SMARTS) is 1. The van der Waals surface area contributed by atoms with Crippen LogP contribution in [0.5, 0.6) is 0 Å². The fraction of sp³-hybridized carbons (Fsp3) is 0.615. The maximum Gasteiger partial charge on any atom is 0.311 e. The predicted octanol–water partition coefficient (Wildman–Crippen LogP) is 2.30. The molecule has 0 aliphatic carbocycles. The Morgan fingerprint density at radius 3 is 2.75 bits per heavy atom. The van der Waals surface area contributed by atoms with Gasteiger partial charge in [-0.2, -0.15) is 0 Å². The number of carbonyl (C=O) groups excluding carboxylic acids is 1. The first-order valence-electron chi connectivity index (χ1n) is 6.36. The molecule has 0 saturated heterocycles. The van der Waals surface area contributed by atoms with Gasteiger partial charge in [0, 0.05) is 17.7 Å². The average molecular weight is 316 g/mol. The Labute approximate surface area is 127 Å². The molecular weight excluding hydrogens is 296 g/mol. The van der Waals surface area contributed by atoms with E-state index in [1.807, 2.05) is 12.3 Å². The summed E-state index contributed by atoms with van der Waals surface area (Å²) in [5.74, 6) is -0.00802. The zero-order valence-corrected chi connectivity index (χ0v) is 13.6. The maximum absolute atomic E-state index is 11.7. The zero-order chi connectivity index (χ0) is 15.2. The SMILES string of the molecule is CCC(C)(CNC(=O)CSCc1csc(C)n1)C(=O)O. The second-order valence-electron chi connectivity index (χ2n) is 4.85. The van der Waals surface area contributed by atoms with Gasteiger partial charge >= 0.3 is 5.97 Å². The van der Waals surface area contributed by atoms with E-state index in [1.54, 1.807) is 25.2 Å². The molecule has 0 aliphatic rings. The van der Waals surface area contributed by atoms with Gasteiger partial charge in [0.15, 0.2) is 0 Å². The monoisotopic (exact) mass is 316 g/mol. The summed E-state index contributed by atoms with van der Waals surface area (Å²) in [7, 11) is 0. The van der Waals surface area contributed by atoms with Gasteiger partial charge in [-0.1, -0.05) is 6.92 Å². The van der Waals surface area contributed by atoms with Crippen molar-refractivity contribution in [3.05, 3.63) is 16.1 Å². The predicted molar refractivity (Wildman–Crippen MR) is 82.1 cm³/mol. The summed E-state index contributed by atoms with van der Waals surface area (Å²) < 4.78 is 0. The van der Waals surface area contributed by atoms with Crippen LogP contribution in [0.3, 0.4) is 0 Å². The van der Waals surface area contributed by atoms with Crippen LogP contribution in [0.2, 0.25) is 0 Å². The van der Waals surface area contributed by atoms with Crippen LogP contribution in [0, 0.1) is 12.3 Å². The molecule has 0 aromatic carbocycles. The van der Waals surface area contributed by atoms with E-state index in [0.29, 0.717) is 17.9 Å². The molecule has 0 radical (unpaired) electrons. The van der Waals surface area contributed by atoms with Crippen LogP contribution in [-0.4, -0.2) is 34.3 Å². The number of nitrogens with zero attached hydrogens (tertiary/aromatic N) is 1. The first-order valence-corrected chi connectivity index (χ1v) is 8.39. The Bertz CT molecular complexity index is 476. The number of nitrogens with one attached hydrogen (secondary N) is 1. The molecular formula is C13H20N2O3S2. The van der Waals surface area contributed by atoms with E-state index in [0.717, 1.165) is 10.7 Å². The number of rotatable bonds is 8. The standard InChI is InChI=1S/C13H20N2O3S2/c1-4-13(3,12(17)18)8-14-11(16)7-19-5-10-6-20-9(2)15-10/h6H,4-5,7-8H2,1-3H3,(H,14,16)(H,17,18). The van der Waals surface area contributed by atoms with Crippen LogP contribution >= 0.6 is 23.1 Å². The molecule has 1 rings (SSSR count). The van der Waals surface area contributed by atoms with Gasteiger partial charge in [-0.3, -0.25) is 9.59 Å². The number of hydrogen-bond donors (Lipinski definition) is 2. The van der Waals surface area contributed by atoms with Crippen molar-refractivity contribution >= 4 is 35.0 Å². The minimum absolute atomic E-state index is 0.136. The molecule has 1 unspecified atom stereocenters. The molecule has 0 saturated carbocycles. The molecule has 1 atom stereocenters. The van der Waals surface area contributed by atoms with Crippen LogP contribution in [-0.2, 0) is 15.3 Å². The largest absolute Gasteiger partial charge is 0.481 e. The number of hydrogen-bond acceptors (Lipinski definition) is 5. The highest BCUT2D eigenvalue weighted by atomic mass is 32.2. The third kappa shape index (κ3) is 5.13. The van der Waals surface area contributed by atoms with E-state index in [1.165, 1.54) is 11.8 Å². The second-order valence-corrected chi connectivity index (χ2v) is 6.89. The summed E-state index contributed by atoms with van der Waals surface area (Å²) in [6.45, 7) is 5.55. The van der Waals surface area contributed by atoms with Gasteiger partial charge in [0.25, 0.3) is 0 Å². The van der Waals surface area contributed by atoms with Crippen LogP contribution in [0.4, 0.5) is 0 Å². The molecule has 0 fully saturated rings. The van der Waals surface area contributed by atoms with E-state index in [4.69, 9.17) is 5.11 Å². The summed E-state index contributed by atoms with van der Waals surface area (Å²) in [4.78, 5) is 27.1. The third-order valence-corrected chi connectivity index (χ3v) is 4.91. The van der Waals surface area contributed by atoms with Crippen LogP contribution in [0.15, 0.2) is 5.38 Å². The van der Waals surface area contributed by atoms with Crippen molar-refractivity contribution in [2.75, 3.05) is 12.3 Å². The maximum atomic E-state index is 11.7. The number of aliphatic carboxylic acids is 1. The van der Waals surface area contributed by atoms with Crippen molar-refractivity contribution < 1.29 is 14.7 Å². The van der Waals surface area contributed by atoms with Gasteiger partial charge in [-0.25, -0.2) is 4.98 Å². The van der Waals surface area contributed by atoms with Crippen molar-refractivity contribution in [3.8, 4) is 0 Å². The highest BCUT2D eigenvalue weighted by molar-refractivity contribution is 7.99. The number of aryl methyl sites for hydroxylation is 1. The highest BCUT2D eigenvalue weighted by Crippen LogP contribution is 2.20. The Kier molecular flexibility index (Phi) is 6.48. The summed E-state index contributed by atoms with van der Waals surface area (Å²) in [6.07, 6.45) is 0.480. The Hall–Kier alpha value is -1.08.